The van der Waals surface area contributed by atoms with Gasteiger partial charge in [0, 0.05) is 5.56 Å². The number of nitrogens with one attached hydrogen (secondary N) is 1. The van der Waals surface area contributed by atoms with Crippen molar-refractivity contribution in [1.82, 2.24) is 15.6 Å². The number of carbonyl (C=O) groups is 1. The summed E-state index contributed by atoms with van der Waals surface area (Å²) in [6.07, 6.45) is 0. The number of carbonyl (C=O) groups excluding carboxylic acids is 1. The van der Waals surface area contributed by atoms with Crippen LogP contribution in [0.5, 0.6) is 0 Å². The molecular formula is C10H10N4O2. The van der Waals surface area contributed by atoms with E-state index in [0.29, 0.717) is 5.82 Å². The number of aryl methyl sites for hydroxylation is 1. The highest BCUT2D eigenvalue weighted by Gasteiger charge is 2.14. The molecular weight excluding hydrogens is 208 g/mol. The van der Waals surface area contributed by atoms with Gasteiger partial charge in [0.15, 0.2) is 0 Å². The Balaban J connectivity index is 2.35. The molecule has 0 radical (unpaired) electrons. The van der Waals surface area contributed by atoms with Gasteiger partial charge in [-0.15, -0.1) is 0 Å². The zero-order valence-corrected chi connectivity index (χ0v) is 8.60. The molecule has 0 spiro atoms. The average molecular weight is 218 g/mol. The largest absolute Gasteiger partial charge is 0.328 e. The molecule has 0 bridgehead atoms. The molecule has 0 saturated heterocycles. The van der Waals surface area contributed by atoms with Crippen LogP contribution in [-0.4, -0.2) is 16.0 Å². The monoisotopic (exact) mass is 218 g/mol. The molecule has 1 aromatic carbocycles. The molecule has 0 aliphatic heterocycles. The van der Waals surface area contributed by atoms with Crippen LogP contribution in [0.25, 0.3) is 11.4 Å². The van der Waals surface area contributed by atoms with Crippen molar-refractivity contribution in [3.8, 4) is 11.4 Å². The Labute approximate surface area is 91.4 Å². The van der Waals surface area contributed by atoms with E-state index >= 15 is 0 Å². The van der Waals surface area contributed by atoms with Crippen LogP contribution in [0.15, 0.2) is 28.8 Å². The summed E-state index contributed by atoms with van der Waals surface area (Å²) in [6, 6.07) is 7.57. The fourth-order valence-corrected chi connectivity index (χ4v) is 1.28. The van der Waals surface area contributed by atoms with Crippen LogP contribution in [0.3, 0.4) is 0 Å². The van der Waals surface area contributed by atoms with E-state index in [1.165, 1.54) is 0 Å². The van der Waals surface area contributed by atoms with Crippen LogP contribution in [0.1, 0.15) is 16.2 Å². The van der Waals surface area contributed by atoms with E-state index in [1.807, 2.05) is 36.6 Å². The average Bonchev–Trinajstić information content (AvgIpc) is 2.77. The van der Waals surface area contributed by atoms with Crippen LogP contribution >= 0.6 is 0 Å². The van der Waals surface area contributed by atoms with Crippen LogP contribution in [-0.2, 0) is 0 Å². The third kappa shape index (κ3) is 1.91. The van der Waals surface area contributed by atoms with Crippen molar-refractivity contribution in [3.05, 3.63) is 35.7 Å². The van der Waals surface area contributed by atoms with Gasteiger partial charge in [-0.2, -0.15) is 4.98 Å². The Morgan fingerprint density at radius 2 is 2.31 bits per heavy atom. The Kier molecular flexibility index (Phi) is 2.65. The first-order valence-corrected chi connectivity index (χ1v) is 4.62. The number of nitrogens with two attached hydrogens (primary N) is 1. The lowest BCUT2D eigenvalue weighted by atomic mass is 10.1. The highest BCUT2D eigenvalue weighted by atomic mass is 16.5. The van der Waals surface area contributed by atoms with Crippen molar-refractivity contribution in [3.63, 3.8) is 0 Å². The minimum absolute atomic E-state index is 0.154. The highest BCUT2D eigenvalue weighted by Crippen LogP contribution is 2.16. The topological polar surface area (TPSA) is 94.0 Å². The number of amides is 1. The molecule has 2 rings (SSSR count). The van der Waals surface area contributed by atoms with Gasteiger partial charge < -0.3 is 4.52 Å². The molecule has 0 atom stereocenters. The maximum absolute atomic E-state index is 11.1. The number of hydrazine groups is 1. The molecule has 1 amide bonds. The molecule has 1 heterocycles. The number of benzene rings is 1. The van der Waals surface area contributed by atoms with Gasteiger partial charge in [0.25, 0.3) is 0 Å². The quantitative estimate of drug-likeness (QED) is 0.438. The Morgan fingerprint density at radius 3 is 3.00 bits per heavy atom. The molecule has 0 unspecified atom stereocenters. The molecule has 16 heavy (non-hydrogen) atoms. The van der Waals surface area contributed by atoms with E-state index < -0.39 is 5.91 Å². The zero-order valence-electron chi connectivity index (χ0n) is 8.60. The first-order chi connectivity index (χ1) is 7.70. The predicted octanol–water partition coefficient (Wildman–Crippen LogP) is 0.649. The third-order valence-corrected chi connectivity index (χ3v) is 2.03. The lowest BCUT2D eigenvalue weighted by molar-refractivity contribution is 0.0910. The summed E-state index contributed by atoms with van der Waals surface area (Å²) in [4.78, 5) is 15.0. The maximum atomic E-state index is 11.1. The summed E-state index contributed by atoms with van der Waals surface area (Å²) in [5.41, 5.74) is 3.79. The van der Waals surface area contributed by atoms with Gasteiger partial charge in [-0.05, 0) is 13.0 Å². The summed E-state index contributed by atoms with van der Waals surface area (Å²) in [7, 11) is 0. The van der Waals surface area contributed by atoms with Crippen molar-refractivity contribution in [2.75, 3.05) is 0 Å². The maximum Gasteiger partial charge on any atom is 0.323 e. The van der Waals surface area contributed by atoms with E-state index in [0.717, 1.165) is 11.1 Å². The molecule has 0 fully saturated rings. The summed E-state index contributed by atoms with van der Waals surface area (Å²) in [5, 5.41) is 3.69. The number of hydrogen-bond acceptors (Lipinski definition) is 5. The number of nitrogens with zero attached hydrogens (tertiary/aromatic N) is 2. The van der Waals surface area contributed by atoms with Crippen molar-refractivity contribution in [2.24, 2.45) is 5.84 Å². The summed E-state index contributed by atoms with van der Waals surface area (Å²) in [5.74, 6) is 4.55. The molecule has 82 valence electrons. The summed E-state index contributed by atoms with van der Waals surface area (Å²) < 4.78 is 4.76. The van der Waals surface area contributed by atoms with E-state index in [2.05, 4.69) is 10.1 Å². The Morgan fingerprint density at radius 1 is 1.50 bits per heavy atom. The van der Waals surface area contributed by atoms with Crippen LogP contribution in [0.2, 0.25) is 0 Å². The lowest BCUT2D eigenvalue weighted by Gasteiger charge is -1.95. The standard InChI is InChI=1S/C10H10N4O2/c1-6-3-2-4-7(5-6)8-12-10(16-14-8)9(15)13-11/h2-5H,11H2,1H3,(H,13,15). The predicted molar refractivity (Wildman–Crippen MR) is 56.1 cm³/mol. The van der Waals surface area contributed by atoms with Gasteiger partial charge in [0.1, 0.15) is 0 Å². The molecule has 0 aliphatic rings. The molecule has 2 aromatic rings. The highest BCUT2D eigenvalue weighted by molar-refractivity contribution is 5.89. The van der Waals surface area contributed by atoms with E-state index in [-0.39, 0.29) is 5.89 Å². The van der Waals surface area contributed by atoms with Gasteiger partial charge in [-0.1, -0.05) is 28.9 Å². The second-order valence-corrected chi connectivity index (χ2v) is 3.27. The van der Waals surface area contributed by atoms with Gasteiger partial charge in [-0.25, -0.2) is 5.84 Å². The van der Waals surface area contributed by atoms with Crippen LogP contribution in [0.4, 0.5) is 0 Å². The van der Waals surface area contributed by atoms with Gasteiger partial charge >= 0.3 is 11.8 Å². The SMILES string of the molecule is Cc1cccc(-c2noc(C(=O)NN)n2)c1. The van der Waals surface area contributed by atoms with Gasteiger partial charge in [-0.3, -0.25) is 10.2 Å². The zero-order chi connectivity index (χ0) is 11.5. The van der Waals surface area contributed by atoms with Crippen molar-refractivity contribution in [2.45, 2.75) is 6.92 Å². The first-order valence-electron chi connectivity index (χ1n) is 4.62. The number of hydrogen-bond donors (Lipinski definition) is 2. The van der Waals surface area contributed by atoms with E-state index in [1.54, 1.807) is 0 Å². The Hall–Kier alpha value is -2.21. The lowest BCUT2D eigenvalue weighted by Crippen LogP contribution is -2.30. The fraction of sp³-hybridized carbons (Fsp3) is 0.100. The van der Waals surface area contributed by atoms with Crippen LogP contribution < -0.4 is 11.3 Å². The summed E-state index contributed by atoms with van der Waals surface area (Å²) in [6.45, 7) is 1.96. The smallest absolute Gasteiger partial charge is 0.323 e. The number of aromatic nitrogens is 2. The molecule has 6 heteroatoms. The van der Waals surface area contributed by atoms with E-state index in [9.17, 15) is 4.79 Å². The minimum atomic E-state index is -0.605. The van der Waals surface area contributed by atoms with Crippen molar-refractivity contribution >= 4 is 5.91 Å². The van der Waals surface area contributed by atoms with Crippen molar-refractivity contribution < 1.29 is 9.32 Å². The molecule has 0 aliphatic carbocycles. The normalized spacial score (nSPS) is 10.1. The number of rotatable bonds is 2. The van der Waals surface area contributed by atoms with E-state index in [4.69, 9.17) is 10.4 Å². The second kappa shape index (κ2) is 4.11. The van der Waals surface area contributed by atoms with Crippen LogP contribution in [0, 0.1) is 6.92 Å². The number of nitrogen functional groups attached to an aromatic ring is 1. The second-order valence-electron chi connectivity index (χ2n) is 3.27. The Bertz CT molecular complexity index is 521. The van der Waals surface area contributed by atoms with Gasteiger partial charge in [0.2, 0.25) is 5.82 Å². The molecule has 1 aromatic heterocycles. The first kappa shape index (κ1) is 10.3. The molecule has 0 saturated carbocycles. The fourth-order valence-electron chi connectivity index (χ4n) is 1.28. The minimum Gasteiger partial charge on any atom is -0.328 e. The van der Waals surface area contributed by atoms with Crippen molar-refractivity contribution in [1.29, 1.82) is 0 Å². The molecule has 6 nitrogen and oxygen atoms in total. The van der Waals surface area contributed by atoms with Gasteiger partial charge in [0.05, 0.1) is 0 Å². The third-order valence-electron chi connectivity index (χ3n) is 2.03. The summed E-state index contributed by atoms with van der Waals surface area (Å²) >= 11 is 0. The molecule has 3 N–H and O–H groups in total.